The van der Waals surface area contributed by atoms with Crippen molar-refractivity contribution in [2.24, 2.45) is 0 Å². The Bertz CT molecular complexity index is 681. The summed E-state index contributed by atoms with van der Waals surface area (Å²) in [5, 5.41) is 17.3. The van der Waals surface area contributed by atoms with Crippen LogP contribution in [0.2, 0.25) is 0 Å². The normalized spacial score (nSPS) is 12.2. The van der Waals surface area contributed by atoms with E-state index in [4.69, 9.17) is 4.52 Å². The van der Waals surface area contributed by atoms with Gasteiger partial charge in [0.2, 0.25) is 0 Å². The molecule has 1 heterocycles. The van der Waals surface area contributed by atoms with Crippen LogP contribution >= 0.6 is 0 Å². The van der Waals surface area contributed by atoms with Crippen LogP contribution in [0.25, 0.3) is 0 Å². The fourth-order valence-electron chi connectivity index (χ4n) is 2.23. The predicted octanol–water partition coefficient (Wildman–Crippen LogP) is 3.65. The summed E-state index contributed by atoms with van der Waals surface area (Å²) in [5.74, 6) is -1.94. The summed E-state index contributed by atoms with van der Waals surface area (Å²) in [5.41, 5.74) is 0.194. The van der Waals surface area contributed by atoms with E-state index >= 15 is 0 Å². The van der Waals surface area contributed by atoms with Gasteiger partial charge in [0.1, 0.15) is 5.76 Å². The van der Waals surface area contributed by atoms with Gasteiger partial charge in [-0.2, -0.15) is 0 Å². The zero-order valence-electron chi connectivity index (χ0n) is 11.6. The molecule has 0 spiro atoms. The van der Waals surface area contributed by atoms with E-state index in [1.807, 2.05) is 0 Å². The SMILES string of the molecule is Cc1noc(C)c1C(C)Nc1c([N+](=O)[O-])ccc(F)c1F. The Balaban J connectivity index is 2.44. The molecule has 1 atom stereocenters. The fraction of sp³-hybridized carbons (Fsp3) is 0.308. The number of nitrogens with zero attached hydrogens (tertiary/aromatic N) is 2. The first kappa shape index (κ1) is 14.9. The van der Waals surface area contributed by atoms with Gasteiger partial charge >= 0.3 is 0 Å². The molecule has 6 nitrogen and oxygen atoms in total. The van der Waals surface area contributed by atoms with Gasteiger partial charge in [0.15, 0.2) is 17.3 Å². The highest BCUT2D eigenvalue weighted by atomic mass is 19.2. The van der Waals surface area contributed by atoms with Gasteiger partial charge in [-0.15, -0.1) is 0 Å². The summed E-state index contributed by atoms with van der Waals surface area (Å²) in [6, 6.07) is 1.10. The van der Waals surface area contributed by atoms with Crippen LogP contribution in [0, 0.1) is 35.6 Å². The molecule has 0 fully saturated rings. The van der Waals surface area contributed by atoms with Crippen LogP contribution in [-0.4, -0.2) is 10.1 Å². The van der Waals surface area contributed by atoms with Crippen molar-refractivity contribution in [3.05, 3.63) is 50.9 Å². The quantitative estimate of drug-likeness (QED) is 0.688. The maximum atomic E-state index is 13.8. The van der Waals surface area contributed by atoms with Gasteiger partial charge in [-0.25, -0.2) is 8.78 Å². The van der Waals surface area contributed by atoms with Crippen molar-refractivity contribution in [2.45, 2.75) is 26.8 Å². The molecule has 112 valence electrons. The lowest BCUT2D eigenvalue weighted by Crippen LogP contribution is -2.12. The van der Waals surface area contributed by atoms with Crippen LogP contribution in [0.1, 0.15) is 30.0 Å². The van der Waals surface area contributed by atoms with Gasteiger partial charge in [-0.1, -0.05) is 5.16 Å². The third kappa shape index (κ3) is 2.69. The van der Waals surface area contributed by atoms with Gasteiger partial charge in [0, 0.05) is 11.6 Å². The van der Waals surface area contributed by atoms with E-state index in [-0.39, 0.29) is 0 Å². The van der Waals surface area contributed by atoms with Crippen molar-refractivity contribution in [1.82, 2.24) is 5.16 Å². The smallest absolute Gasteiger partial charge is 0.295 e. The van der Waals surface area contributed by atoms with Gasteiger partial charge in [0.05, 0.1) is 16.7 Å². The molecule has 0 radical (unpaired) electrons. The molecule has 0 aliphatic heterocycles. The number of hydrogen-bond acceptors (Lipinski definition) is 5. The molecule has 1 N–H and O–H groups in total. The molecule has 0 aliphatic rings. The predicted molar refractivity (Wildman–Crippen MR) is 71.0 cm³/mol. The first-order valence-electron chi connectivity index (χ1n) is 6.14. The third-order valence-corrected chi connectivity index (χ3v) is 3.15. The topological polar surface area (TPSA) is 81.2 Å². The van der Waals surface area contributed by atoms with Gasteiger partial charge < -0.3 is 9.84 Å². The molecule has 0 aliphatic carbocycles. The minimum Gasteiger partial charge on any atom is -0.370 e. The number of aromatic nitrogens is 1. The lowest BCUT2D eigenvalue weighted by molar-refractivity contribution is -0.384. The second kappa shape index (κ2) is 5.47. The first-order valence-corrected chi connectivity index (χ1v) is 6.14. The Labute approximate surface area is 118 Å². The molecular formula is C13H13F2N3O3. The standard InChI is InChI=1S/C13H13F2N3O3/c1-6(11-7(2)17-21-8(11)3)16-13-10(18(19)20)5-4-9(14)12(13)15/h4-6,16H,1-3H3. The minimum absolute atomic E-state index is 0.493. The van der Waals surface area contributed by atoms with E-state index in [0.717, 1.165) is 12.1 Å². The molecule has 0 amide bonds. The Kier molecular flexibility index (Phi) is 3.88. The van der Waals surface area contributed by atoms with Gasteiger partial charge in [0.25, 0.3) is 5.69 Å². The summed E-state index contributed by atoms with van der Waals surface area (Å²) < 4.78 is 32.1. The molecule has 0 bridgehead atoms. The number of halogens is 2. The fourth-order valence-corrected chi connectivity index (χ4v) is 2.23. The molecule has 1 aromatic heterocycles. The number of aryl methyl sites for hydroxylation is 2. The molecule has 0 saturated heterocycles. The Morgan fingerprint density at radius 2 is 2.05 bits per heavy atom. The van der Waals surface area contributed by atoms with Crippen LogP contribution in [-0.2, 0) is 0 Å². The number of nitrogens with one attached hydrogen (secondary N) is 1. The first-order chi connectivity index (χ1) is 9.82. The highest BCUT2D eigenvalue weighted by Crippen LogP contribution is 2.33. The summed E-state index contributed by atoms with van der Waals surface area (Å²) >= 11 is 0. The van der Waals surface area contributed by atoms with Gasteiger partial charge in [-0.05, 0) is 26.8 Å². The van der Waals surface area contributed by atoms with Crippen LogP contribution in [0.15, 0.2) is 16.7 Å². The molecule has 21 heavy (non-hydrogen) atoms. The zero-order chi connectivity index (χ0) is 15.7. The highest BCUT2D eigenvalue weighted by Gasteiger charge is 2.25. The monoisotopic (exact) mass is 297 g/mol. The Morgan fingerprint density at radius 1 is 1.38 bits per heavy atom. The lowest BCUT2D eigenvalue weighted by Gasteiger charge is -2.16. The lowest BCUT2D eigenvalue weighted by atomic mass is 10.1. The zero-order valence-corrected chi connectivity index (χ0v) is 11.6. The van der Waals surface area contributed by atoms with Crippen LogP contribution < -0.4 is 5.32 Å². The van der Waals surface area contributed by atoms with E-state index in [2.05, 4.69) is 10.5 Å². The van der Waals surface area contributed by atoms with Crippen molar-refractivity contribution in [3.8, 4) is 0 Å². The van der Waals surface area contributed by atoms with Crippen molar-refractivity contribution in [3.63, 3.8) is 0 Å². The Hall–Kier alpha value is -2.51. The summed E-state index contributed by atoms with van der Waals surface area (Å²) in [7, 11) is 0. The number of benzene rings is 1. The molecule has 1 unspecified atom stereocenters. The van der Waals surface area contributed by atoms with Crippen LogP contribution in [0.5, 0.6) is 0 Å². The van der Waals surface area contributed by atoms with E-state index in [1.54, 1.807) is 20.8 Å². The number of nitro benzene ring substituents is 1. The van der Waals surface area contributed by atoms with E-state index in [9.17, 15) is 18.9 Å². The number of rotatable bonds is 4. The average molecular weight is 297 g/mol. The van der Waals surface area contributed by atoms with Crippen molar-refractivity contribution < 1.29 is 18.2 Å². The molecule has 1 aromatic carbocycles. The third-order valence-electron chi connectivity index (χ3n) is 3.15. The number of hydrogen-bond donors (Lipinski definition) is 1. The van der Waals surface area contributed by atoms with Crippen LogP contribution in [0.4, 0.5) is 20.2 Å². The van der Waals surface area contributed by atoms with Crippen molar-refractivity contribution in [2.75, 3.05) is 5.32 Å². The second-order valence-electron chi connectivity index (χ2n) is 4.62. The minimum atomic E-state index is -1.29. The highest BCUT2D eigenvalue weighted by molar-refractivity contribution is 5.63. The maximum absolute atomic E-state index is 13.8. The van der Waals surface area contributed by atoms with E-state index in [1.165, 1.54) is 0 Å². The molecule has 2 rings (SSSR count). The van der Waals surface area contributed by atoms with Gasteiger partial charge in [-0.3, -0.25) is 10.1 Å². The number of nitro groups is 1. The Morgan fingerprint density at radius 3 is 2.57 bits per heavy atom. The van der Waals surface area contributed by atoms with Crippen molar-refractivity contribution >= 4 is 11.4 Å². The number of anilines is 1. The largest absolute Gasteiger partial charge is 0.370 e. The maximum Gasteiger partial charge on any atom is 0.295 e. The van der Waals surface area contributed by atoms with E-state index < -0.39 is 34.0 Å². The average Bonchev–Trinajstić information content (AvgIpc) is 2.74. The summed E-state index contributed by atoms with van der Waals surface area (Å²) in [6.07, 6.45) is 0. The molecule has 2 aromatic rings. The van der Waals surface area contributed by atoms with Crippen LogP contribution in [0.3, 0.4) is 0 Å². The molecular weight excluding hydrogens is 284 g/mol. The molecule has 8 heteroatoms. The van der Waals surface area contributed by atoms with E-state index in [0.29, 0.717) is 17.0 Å². The summed E-state index contributed by atoms with van der Waals surface area (Å²) in [4.78, 5) is 10.2. The second-order valence-corrected chi connectivity index (χ2v) is 4.62. The molecule has 0 saturated carbocycles. The van der Waals surface area contributed by atoms with Crippen molar-refractivity contribution in [1.29, 1.82) is 0 Å². The summed E-state index contributed by atoms with van der Waals surface area (Å²) in [6.45, 7) is 5.02.